The summed E-state index contributed by atoms with van der Waals surface area (Å²) in [5.41, 5.74) is 1.86. The highest BCUT2D eigenvalue weighted by Crippen LogP contribution is 2.14. The smallest absolute Gasteiger partial charge is 0.253 e. The van der Waals surface area contributed by atoms with Crippen LogP contribution in [-0.4, -0.2) is 47.8 Å². The van der Waals surface area contributed by atoms with E-state index in [4.69, 9.17) is 0 Å². The van der Waals surface area contributed by atoms with Crippen molar-refractivity contribution in [2.75, 3.05) is 26.2 Å². The van der Waals surface area contributed by atoms with Crippen molar-refractivity contribution in [1.82, 2.24) is 9.80 Å². The molecule has 1 aliphatic heterocycles. The summed E-state index contributed by atoms with van der Waals surface area (Å²) in [6, 6.07) is 17.3. The molecule has 130 valence electrons. The molecule has 0 spiro atoms. The molecule has 1 fully saturated rings. The molecule has 0 radical (unpaired) electrons. The van der Waals surface area contributed by atoms with E-state index in [9.17, 15) is 9.59 Å². The van der Waals surface area contributed by atoms with Gasteiger partial charge in [-0.05, 0) is 36.2 Å². The van der Waals surface area contributed by atoms with Crippen LogP contribution in [0.1, 0.15) is 22.3 Å². The Morgan fingerprint density at radius 2 is 1.56 bits per heavy atom. The van der Waals surface area contributed by atoms with Crippen molar-refractivity contribution in [2.24, 2.45) is 0 Å². The maximum absolute atomic E-state index is 12.4. The van der Waals surface area contributed by atoms with Crippen LogP contribution in [-0.2, 0) is 11.2 Å². The van der Waals surface area contributed by atoms with Crippen LogP contribution in [0.5, 0.6) is 0 Å². The summed E-state index contributed by atoms with van der Waals surface area (Å²) >= 11 is 3.45. The quantitative estimate of drug-likeness (QED) is 0.789. The fraction of sp³-hybridized carbons (Fsp3) is 0.300. The standard InChI is InChI=1S/C20H21BrN2O2/c21-18-8-4-5-16(15-18)9-10-19(24)22-11-13-23(14-12-22)20(25)17-6-2-1-3-7-17/h1-8,15H,9-14H2. The lowest BCUT2D eigenvalue weighted by Crippen LogP contribution is -2.50. The van der Waals surface area contributed by atoms with Gasteiger partial charge < -0.3 is 9.80 Å². The Hall–Kier alpha value is -2.14. The second-order valence-electron chi connectivity index (χ2n) is 6.17. The first-order valence-electron chi connectivity index (χ1n) is 8.50. The summed E-state index contributed by atoms with van der Waals surface area (Å²) in [6.07, 6.45) is 1.24. The number of benzene rings is 2. The lowest BCUT2D eigenvalue weighted by Gasteiger charge is -2.35. The summed E-state index contributed by atoms with van der Waals surface area (Å²) in [7, 11) is 0. The Labute approximate surface area is 156 Å². The number of rotatable bonds is 4. The largest absolute Gasteiger partial charge is 0.339 e. The van der Waals surface area contributed by atoms with Gasteiger partial charge in [-0.3, -0.25) is 9.59 Å². The third-order valence-corrected chi connectivity index (χ3v) is 4.95. The zero-order valence-corrected chi connectivity index (χ0v) is 15.6. The third kappa shape index (κ3) is 4.69. The molecule has 3 rings (SSSR count). The Balaban J connectivity index is 1.48. The average molecular weight is 401 g/mol. The Morgan fingerprint density at radius 3 is 2.24 bits per heavy atom. The number of hydrogen-bond acceptors (Lipinski definition) is 2. The van der Waals surface area contributed by atoms with Crippen molar-refractivity contribution in [3.05, 3.63) is 70.2 Å². The summed E-state index contributed by atoms with van der Waals surface area (Å²) < 4.78 is 1.03. The molecule has 2 amide bonds. The van der Waals surface area contributed by atoms with Gasteiger partial charge in [0.15, 0.2) is 0 Å². The second kappa shape index (κ2) is 8.30. The van der Waals surface area contributed by atoms with Crippen LogP contribution in [0.3, 0.4) is 0 Å². The maximum atomic E-state index is 12.4. The molecule has 0 atom stereocenters. The van der Waals surface area contributed by atoms with Crippen LogP contribution >= 0.6 is 15.9 Å². The minimum Gasteiger partial charge on any atom is -0.339 e. The van der Waals surface area contributed by atoms with Gasteiger partial charge in [-0.25, -0.2) is 0 Å². The number of piperazine rings is 1. The van der Waals surface area contributed by atoms with E-state index in [-0.39, 0.29) is 11.8 Å². The molecule has 1 heterocycles. The van der Waals surface area contributed by atoms with E-state index in [0.29, 0.717) is 38.2 Å². The molecule has 0 aromatic heterocycles. The molecular weight excluding hydrogens is 380 g/mol. The molecule has 5 heteroatoms. The summed E-state index contributed by atoms with van der Waals surface area (Å²) in [5.74, 6) is 0.202. The number of hydrogen-bond donors (Lipinski definition) is 0. The van der Waals surface area contributed by atoms with E-state index in [1.807, 2.05) is 64.4 Å². The van der Waals surface area contributed by atoms with Crippen molar-refractivity contribution in [2.45, 2.75) is 12.8 Å². The maximum Gasteiger partial charge on any atom is 0.253 e. The van der Waals surface area contributed by atoms with Crippen molar-refractivity contribution in [1.29, 1.82) is 0 Å². The van der Waals surface area contributed by atoms with Gasteiger partial charge in [-0.1, -0.05) is 46.3 Å². The van der Waals surface area contributed by atoms with E-state index < -0.39 is 0 Å². The van der Waals surface area contributed by atoms with Gasteiger partial charge in [-0.2, -0.15) is 0 Å². The fourth-order valence-electron chi connectivity index (χ4n) is 3.02. The van der Waals surface area contributed by atoms with Gasteiger partial charge in [-0.15, -0.1) is 0 Å². The van der Waals surface area contributed by atoms with Crippen molar-refractivity contribution in [3.8, 4) is 0 Å². The summed E-state index contributed by atoms with van der Waals surface area (Å²) in [6.45, 7) is 2.40. The Kier molecular flexibility index (Phi) is 5.87. The first-order valence-corrected chi connectivity index (χ1v) is 9.29. The normalized spacial score (nSPS) is 14.4. The van der Waals surface area contributed by atoms with Crippen molar-refractivity contribution in [3.63, 3.8) is 0 Å². The molecule has 0 bridgehead atoms. The van der Waals surface area contributed by atoms with Crippen LogP contribution in [0.4, 0.5) is 0 Å². The Morgan fingerprint density at radius 1 is 0.880 bits per heavy atom. The number of carbonyl (C=O) groups is 2. The molecule has 25 heavy (non-hydrogen) atoms. The summed E-state index contributed by atoms with van der Waals surface area (Å²) in [5, 5.41) is 0. The van der Waals surface area contributed by atoms with Gasteiger partial charge in [0, 0.05) is 42.6 Å². The molecule has 0 saturated carbocycles. The first kappa shape index (κ1) is 17.7. The second-order valence-corrected chi connectivity index (χ2v) is 7.08. The van der Waals surface area contributed by atoms with Crippen LogP contribution < -0.4 is 0 Å². The molecular formula is C20H21BrN2O2. The molecule has 2 aromatic carbocycles. The molecule has 0 unspecified atom stereocenters. The fourth-order valence-corrected chi connectivity index (χ4v) is 3.47. The van der Waals surface area contributed by atoms with Gasteiger partial charge >= 0.3 is 0 Å². The first-order chi connectivity index (χ1) is 12.1. The van der Waals surface area contributed by atoms with Crippen LogP contribution in [0.2, 0.25) is 0 Å². The van der Waals surface area contributed by atoms with Gasteiger partial charge in [0.1, 0.15) is 0 Å². The molecule has 0 N–H and O–H groups in total. The van der Waals surface area contributed by atoms with Crippen LogP contribution in [0, 0.1) is 0 Å². The molecule has 2 aromatic rings. The number of carbonyl (C=O) groups excluding carboxylic acids is 2. The highest BCUT2D eigenvalue weighted by atomic mass is 79.9. The number of amides is 2. The third-order valence-electron chi connectivity index (χ3n) is 4.46. The highest BCUT2D eigenvalue weighted by Gasteiger charge is 2.24. The molecule has 4 nitrogen and oxygen atoms in total. The number of nitrogens with zero attached hydrogens (tertiary/aromatic N) is 2. The number of aryl methyl sites for hydroxylation is 1. The van der Waals surface area contributed by atoms with E-state index in [0.717, 1.165) is 16.5 Å². The molecule has 1 saturated heterocycles. The van der Waals surface area contributed by atoms with E-state index in [1.54, 1.807) is 0 Å². The molecule has 1 aliphatic rings. The van der Waals surface area contributed by atoms with Crippen molar-refractivity contribution < 1.29 is 9.59 Å². The van der Waals surface area contributed by atoms with Crippen LogP contribution in [0.25, 0.3) is 0 Å². The monoisotopic (exact) mass is 400 g/mol. The van der Waals surface area contributed by atoms with Gasteiger partial charge in [0.25, 0.3) is 5.91 Å². The highest BCUT2D eigenvalue weighted by molar-refractivity contribution is 9.10. The van der Waals surface area contributed by atoms with E-state index >= 15 is 0 Å². The predicted octanol–water partition coefficient (Wildman–Crippen LogP) is 3.37. The average Bonchev–Trinajstić information content (AvgIpc) is 2.66. The lowest BCUT2D eigenvalue weighted by molar-refractivity contribution is -0.132. The minimum absolute atomic E-state index is 0.0434. The van der Waals surface area contributed by atoms with E-state index in [1.165, 1.54) is 0 Å². The zero-order chi connectivity index (χ0) is 17.6. The minimum atomic E-state index is 0.0434. The molecule has 0 aliphatic carbocycles. The Bertz CT molecular complexity index is 740. The topological polar surface area (TPSA) is 40.6 Å². The van der Waals surface area contributed by atoms with Crippen molar-refractivity contribution >= 4 is 27.7 Å². The lowest BCUT2D eigenvalue weighted by atomic mass is 10.1. The SMILES string of the molecule is O=C(CCc1cccc(Br)c1)N1CCN(C(=O)c2ccccc2)CC1. The van der Waals surface area contributed by atoms with Gasteiger partial charge in [0.05, 0.1) is 0 Å². The van der Waals surface area contributed by atoms with Gasteiger partial charge in [0.2, 0.25) is 5.91 Å². The van der Waals surface area contributed by atoms with E-state index in [2.05, 4.69) is 15.9 Å². The predicted molar refractivity (Wildman–Crippen MR) is 101 cm³/mol. The zero-order valence-electron chi connectivity index (χ0n) is 14.0. The van der Waals surface area contributed by atoms with Crippen LogP contribution in [0.15, 0.2) is 59.1 Å². The summed E-state index contributed by atoms with van der Waals surface area (Å²) in [4.78, 5) is 28.5. The number of halogens is 1.